The van der Waals surface area contributed by atoms with Crippen molar-refractivity contribution in [3.8, 4) is 0 Å². The first kappa shape index (κ1) is 13.4. The number of rotatable bonds is 6. The molecule has 1 heterocycles. The number of nitrogens with one attached hydrogen (secondary N) is 1. The molecule has 98 valence electrons. The van der Waals surface area contributed by atoms with Crippen molar-refractivity contribution in [3.63, 3.8) is 0 Å². The van der Waals surface area contributed by atoms with Gasteiger partial charge in [0.15, 0.2) is 0 Å². The van der Waals surface area contributed by atoms with E-state index in [1.165, 1.54) is 12.8 Å². The monoisotopic (exact) mass is 265 g/mol. The van der Waals surface area contributed by atoms with E-state index < -0.39 is 0 Å². The molecule has 0 bridgehead atoms. The summed E-state index contributed by atoms with van der Waals surface area (Å²) >= 11 is 6.17. The Morgan fingerprint density at radius 3 is 2.94 bits per heavy atom. The molecular weight excluding hydrogens is 246 g/mol. The summed E-state index contributed by atoms with van der Waals surface area (Å²) in [7, 11) is 2.02. The Balaban J connectivity index is 2.06. The van der Waals surface area contributed by atoms with Crippen LogP contribution in [0.5, 0.6) is 0 Å². The number of halogens is 1. The maximum Gasteiger partial charge on any atom is 0.128 e. The normalized spacial score (nSPS) is 14.6. The topological polar surface area (TPSA) is 28.2 Å². The van der Waals surface area contributed by atoms with Crippen LogP contribution in [-0.2, 0) is 6.54 Å². The van der Waals surface area contributed by atoms with Crippen LogP contribution >= 0.6 is 11.6 Å². The van der Waals surface area contributed by atoms with E-state index in [-0.39, 0.29) is 0 Å². The number of likely N-dealkylation sites (N-methyl/N-ethyl adjacent to an activating group) is 1. The Morgan fingerprint density at radius 2 is 2.33 bits per heavy atom. The smallest absolute Gasteiger partial charge is 0.128 e. The number of hydrogen-bond acceptors (Lipinski definition) is 3. The molecule has 2 rings (SSSR count). The quantitative estimate of drug-likeness (QED) is 0.802. The van der Waals surface area contributed by atoms with Crippen LogP contribution in [0.4, 0.5) is 5.82 Å². The summed E-state index contributed by atoms with van der Waals surface area (Å²) in [6.45, 7) is 7.57. The number of pyridine rings is 1. The highest BCUT2D eigenvalue weighted by Crippen LogP contribution is 2.23. The van der Waals surface area contributed by atoms with Gasteiger partial charge in [-0.2, -0.15) is 0 Å². The number of hydrogen-bond donors (Lipinski definition) is 1. The van der Waals surface area contributed by atoms with Gasteiger partial charge < -0.3 is 10.2 Å². The zero-order valence-electron chi connectivity index (χ0n) is 11.0. The van der Waals surface area contributed by atoms with E-state index in [0.29, 0.717) is 6.04 Å². The Labute approximate surface area is 114 Å². The fourth-order valence-corrected chi connectivity index (χ4v) is 2.01. The van der Waals surface area contributed by atoms with Crippen molar-refractivity contribution in [1.29, 1.82) is 0 Å². The maximum absolute atomic E-state index is 6.17. The summed E-state index contributed by atoms with van der Waals surface area (Å²) in [6.07, 6.45) is 4.30. The third-order valence-electron chi connectivity index (χ3n) is 2.98. The van der Waals surface area contributed by atoms with Gasteiger partial charge in [0.1, 0.15) is 5.82 Å². The van der Waals surface area contributed by atoms with Crippen molar-refractivity contribution >= 4 is 17.4 Å². The number of aromatic nitrogens is 1. The molecule has 0 aliphatic heterocycles. The van der Waals surface area contributed by atoms with E-state index in [9.17, 15) is 0 Å². The lowest BCUT2D eigenvalue weighted by Gasteiger charge is -2.19. The summed E-state index contributed by atoms with van der Waals surface area (Å²) in [5.41, 5.74) is 2.23. The minimum Gasteiger partial charge on any atom is -0.356 e. The molecule has 0 radical (unpaired) electrons. The molecule has 1 N–H and O–H groups in total. The molecule has 0 unspecified atom stereocenters. The Bertz CT molecular complexity index is 441. The molecule has 3 nitrogen and oxygen atoms in total. The van der Waals surface area contributed by atoms with Crippen molar-refractivity contribution in [3.05, 3.63) is 35.0 Å². The highest BCUT2D eigenvalue weighted by molar-refractivity contribution is 6.31. The van der Waals surface area contributed by atoms with E-state index in [2.05, 4.69) is 27.8 Å². The van der Waals surface area contributed by atoms with E-state index in [1.807, 2.05) is 14.0 Å². The predicted octanol–water partition coefficient (Wildman–Crippen LogP) is 3.00. The zero-order chi connectivity index (χ0) is 13.1. The van der Waals surface area contributed by atoms with Crippen LogP contribution in [0.3, 0.4) is 0 Å². The van der Waals surface area contributed by atoms with Gasteiger partial charge in [0.2, 0.25) is 0 Å². The second-order valence-electron chi connectivity index (χ2n) is 5.10. The molecule has 1 aliphatic rings. The first-order valence-corrected chi connectivity index (χ1v) is 6.67. The van der Waals surface area contributed by atoms with Gasteiger partial charge in [-0.25, -0.2) is 4.98 Å². The number of anilines is 1. The molecule has 1 aliphatic carbocycles. The van der Waals surface area contributed by atoms with E-state index in [4.69, 9.17) is 11.6 Å². The van der Waals surface area contributed by atoms with Gasteiger partial charge in [-0.3, -0.25) is 0 Å². The average Bonchev–Trinajstić information content (AvgIpc) is 3.10. The third-order valence-corrected chi connectivity index (χ3v) is 3.32. The summed E-state index contributed by atoms with van der Waals surface area (Å²) in [4.78, 5) is 6.44. The molecule has 0 spiro atoms. The van der Waals surface area contributed by atoms with Gasteiger partial charge in [-0.1, -0.05) is 23.8 Å². The zero-order valence-corrected chi connectivity index (χ0v) is 11.8. The third kappa shape index (κ3) is 3.72. The lowest BCUT2D eigenvalue weighted by molar-refractivity contribution is 0.687. The van der Waals surface area contributed by atoms with Gasteiger partial charge in [0, 0.05) is 32.4 Å². The molecule has 1 aromatic heterocycles. The summed E-state index contributed by atoms with van der Waals surface area (Å²) < 4.78 is 0. The van der Waals surface area contributed by atoms with Gasteiger partial charge in [0.05, 0.1) is 5.02 Å². The van der Waals surface area contributed by atoms with E-state index >= 15 is 0 Å². The second-order valence-corrected chi connectivity index (χ2v) is 5.51. The molecule has 0 aromatic carbocycles. The van der Waals surface area contributed by atoms with Crippen LogP contribution in [0.25, 0.3) is 0 Å². The van der Waals surface area contributed by atoms with Gasteiger partial charge >= 0.3 is 0 Å². The summed E-state index contributed by atoms with van der Waals surface area (Å²) in [5, 5.41) is 4.20. The Hall–Kier alpha value is -1.06. The number of nitrogens with zero attached hydrogens (tertiary/aromatic N) is 2. The molecule has 1 saturated carbocycles. The summed E-state index contributed by atoms with van der Waals surface area (Å²) in [6, 6.07) is 2.74. The van der Waals surface area contributed by atoms with Crippen LogP contribution in [0.15, 0.2) is 24.4 Å². The summed E-state index contributed by atoms with van der Waals surface area (Å²) in [5.74, 6) is 0.940. The molecular formula is C14H20ClN3. The highest BCUT2D eigenvalue weighted by atomic mass is 35.5. The maximum atomic E-state index is 6.17. The predicted molar refractivity (Wildman–Crippen MR) is 77.2 cm³/mol. The van der Waals surface area contributed by atoms with Crippen LogP contribution in [-0.4, -0.2) is 24.6 Å². The van der Waals surface area contributed by atoms with Crippen molar-refractivity contribution in [2.45, 2.75) is 32.4 Å². The fourth-order valence-electron chi connectivity index (χ4n) is 1.84. The fraction of sp³-hybridized carbons (Fsp3) is 0.500. The average molecular weight is 266 g/mol. The van der Waals surface area contributed by atoms with Gasteiger partial charge in [-0.05, 0) is 31.4 Å². The minimum absolute atomic E-state index is 0.686. The van der Waals surface area contributed by atoms with E-state index in [1.54, 1.807) is 6.20 Å². The Kier molecular flexibility index (Phi) is 4.25. The van der Waals surface area contributed by atoms with E-state index in [0.717, 1.165) is 35.1 Å². The first-order chi connectivity index (χ1) is 8.56. The molecule has 4 heteroatoms. The molecule has 18 heavy (non-hydrogen) atoms. The van der Waals surface area contributed by atoms with Gasteiger partial charge in [-0.15, -0.1) is 0 Å². The van der Waals surface area contributed by atoms with Crippen molar-refractivity contribution in [1.82, 2.24) is 10.3 Å². The minimum atomic E-state index is 0.686. The largest absolute Gasteiger partial charge is 0.356 e. The van der Waals surface area contributed by atoms with Gasteiger partial charge in [0.25, 0.3) is 0 Å². The molecule has 0 saturated heterocycles. The lowest BCUT2D eigenvalue weighted by Crippen LogP contribution is -2.21. The molecule has 1 aromatic rings. The van der Waals surface area contributed by atoms with Crippen LogP contribution in [0.1, 0.15) is 25.3 Å². The van der Waals surface area contributed by atoms with Crippen LogP contribution < -0.4 is 10.2 Å². The second kappa shape index (κ2) is 5.72. The molecule has 0 amide bonds. The van der Waals surface area contributed by atoms with Crippen molar-refractivity contribution in [2.75, 3.05) is 18.5 Å². The van der Waals surface area contributed by atoms with Crippen LogP contribution in [0.2, 0.25) is 5.02 Å². The molecule has 0 atom stereocenters. The highest BCUT2D eigenvalue weighted by Gasteiger charge is 2.20. The van der Waals surface area contributed by atoms with Crippen LogP contribution in [0, 0.1) is 0 Å². The molecule has 1 fully saturated rings. The van der Waals surface area contributed by atoms with Crippen molar-refractivity contribution in [2.24, 2.45) is 0 Å². The standard InChI is InChI=1S/C14H20ClN3/c1-10(2)9-18(3)14-6-11(13(15)8-17-14)7-16-12-4-5-12/h6,8,12,16H,1,4-5,7,9H2,2-3H3. The first-order valence-electron chi connectivity index (χ1n) is 6.29. The van der Waals surface area contributed by atoms with Crippen molar-refractivity contribution < 1.29 is 0 Å². The lowest BCUT2D eigenvalue weighted by atomic mass is 10.2. The Morgan fingerprint density at radius 1 is 1.61 bits per heavy atom. The SMILES string of the molecule is C=C(C)CN(C)c1cc(CNC2CC2)c(Cl)cn1.